The number of rotatable bonds is 1. The predicted octanol–water partition coefficient (Wildman–Crippen LogP) is -0.122. The molecule has 0 aliphatic carbocycles. The van der Waals surface area contributed by atoms with E-state index in [1.807, 2.05) is 0 Å². The molecule has 2 atom stereocenters. The van der Waals surface area contributed by atoms with E-state index in [1.54, 1.807) is 7.11 Å². The summed E-state index contributed by atoms with van der Waals surface area (Å²) in [6, 6.07) is 0. The molecule has 0 amide bonds. The molecule has 0 N–H and O–H groups in total. The van der Waals surface area contributed by atoms with Gasteiger partial charge in [0.05, 0.1) is 12.7 Å². The van der Waals surface area contributed by atoms with E-state index in [9.17, 15) is 0 Å². The topological polar surface area (TPSA) is 40.2 Å². The van der Waals surface area contributed by atoms with Gasteiger partial charge < -0.3 is 22.9 Å². The van der Waals surface area contributed by atoms with Gasteiger partial charge in [0.1, 0.15) is 6.23 Å². The van der Waals surface area contributed by atoms with Gasteiger partial charge in [-0.1, -0.05) is 0 Å². The number of hydrogen-bond acceptors (Lipinski definition) is 5. The van der Waals surface area contributed by atoms with Gasteiger partial charge in [-0.2, -0.15) is 0 Å². The maximum absolute atomic E-state index is 5.94. The lowest BCUT2D eigenvalue weighted by atomic mass is 10.3. The summed E-state index contributed by atoms with van der Waals surface area (Å²) >= 11 is 0. The van der Waals surface area contributed by atoms with Crippen molar-refractivity contribution in [3.63, 3.8) is 0 Å². The molecular weight excluding hydrogens is 214 g/mol. The first-order chi connectivity index (χ1) is 7.24. The molecule has 15 heavy (non-hydrogen) atoms. The molecule has 5 nitrogen and oxygen atoms in total. The zero-order valence-electron chi connectivity index (χ0n) is 9.40. The van der Waals surface area contributed by atoms with E-state index < -0.39 is 8.80 Å². The van der Waals surface area contributed by atoms with Gasteiger partial charge in [-0.3, -0.25) is 0 Å². The van der Waals surface area contributed by atoms with Crippen molar-refractivity contribution in [1.82, 2.24) is 4.90 Å². The minimum Gasteiger partial charge on any atom is -0.375 e. The van der Waals surface area contributed by atoms with Crippen LogP contribution >= 0.6 is 0 Å². The third kappa shape index (κ3) is 2.77. The van der Waals surface area contributed by atoms with Crippen molar-refractivity contribution in [3.05, 3.63) is 0 Å². The number of likely N-dealkylation sites (N-methyl/N-ethyl adjacent to an activating group) is 1. The number of hydrogen-bond donors (Lipinski definition) is 0. The van der Waals surface area contributed by atoms with Crippen LogP contribution in [-0.2, 0) is 18.0 Å². The molecule has 0 aromatic heterocycles. The SMILES string of the molecule is CO[Si]12COCC(CN(C)CCCO1)O2. The van der Waals surface area contributed by atoms with Crippen molar-refractivity contribution in [1.29, 1.82) is 0 Å². The largest absolute Gasteiger partial charge is 0.528 e. The van der Waals surface area contributed by atoms with Crippen molar-refractivity contribution in [2.45, 2.75) is 12.5 Å². The Labute approximate surface area is 91.6 Å². The fraction of sp³-hybridized carbons (Fsp3) is 1.00. The molecule has 2 saturated heterocycles. The van der Waals surface area contributed by atoms with Crippen molar-refractivity contribution < 1.29 is 18.0 Å². The van der Waals surface area contributed by atoms with Gasteiger partial charge in [-0.25, -0.2) is 0 Å². The first kappa shape index (κ1) is 11.5. The second-order valence-corrected chi connectivity index (χ2v) is 6.69. The van der Waals surface area contributed by atoms with Crippen LogP contribution < -0.4 is 0 Å². The van der Waals surface area contributed by atoms with Crippen molar-refractivity contribution in [2.75, 3.05) is 46.7 Å². The normalized spacial score (nSPS) is 39.2. The molecule has 2 unspecified atom stereocenters. The van der Waals surface area contributed by atoms with Crippen LogP contribution in [0, 0.1) is 0 Å². The minimum absolute atomic E-state index is 0.0912. The zero-order valence-corrected chi connectivity index (χ0v) is 10.4. The highest BCUT2D eigenvalue weighted by molar-refractivity contribution is 6.60. The molecule has 0 aromatic carbocycles. The van der Waals surface area contributed by atoms with Gasteiger partial charge in [0.15, 0.2) is 0 Å². The molecule has 2 aliphatic heterocycles. The van der Waals surface area contributed by atoms with E-state index in [1.165, 1.54) is 0 Å². The second-order valence-electron chi connectivity index (χ2n) is 4.11. The fourth-order valence-corrected chi connectivity index (χ4v) is 4.00. The van der Waals surface area contributed by atoms with E-state index in [4.69, 9.17) is 18.0 Å². The van der Waals surface area contributed by atoms with Crippen LogP contribution in [0.25, 0.3) is 0 Å². The summed E-state index contributed by atoms with van der Waals surface area (Å²) in [5.41, 5.74) is 0. The Hall–Kier alpha value is 0.0169. The fourth-order valence-electron chi connectivity index (χ4n) is 1.97. The molecular formula is C9H19NO4Si. The van der Waals surface area contributed by atoms with Gasteiger partial charge >= 0.3 is 8.80 Å². The molecule has 2 heterocycles. The van der Waals surface area contributed by atoms with E-state index in [2.05, 4.69) is 11.9 Å². The van der Waals surface area contributed by atoms with Gasteiger partial charge in [-0.05, 0) is 13.5 Å². The Morgan fingerprint density at radius 1 is 1.47 bits per heavy atom. The zero-order chi connectivity index (χ0) is 10.7. The van der Waals surface area contributed by atoms with Crippen LogP contribution in [0.4, 0.5) is 0 Å². The quantitative estimate of drug-likeness (QED) is 0.591. The number of fused-ring (bicyclic) bond motifs is 2. The van der Waals surface area contributed by atoms with Crippen LogP contribution in [0.5, 0.6) is 0 Å². The highest BCUT2D eigenvalue weighted by atomic mass is 28.4. The Morgan fingerprint density at radius 2 is 2.33 bits per heavy atom. The van der Waals surface area contributed by atoms with Gasteiger partial charge in [-0.15, -0.1) is 0 Å². The van der Waals surface area contributed by atoms with E-state index >= 15 is 0 Å². The molecule has 2 bridgehead atoms. The number of nitrogens with zero attached hydrogens (tertiary/aromatic N) is 1. The van der Waals surface area contributed by atoms with Crippen LogP contribution in [0.1, 0.15) is 6.42 Å². The van der Waals surface area contributed by atoms with Gasteiger partial charge in [0.2, 0.25) is 0 Å². The molecule has 2 aliphatic rings. The van der Waals surface area contributed by atoms with E-state index in [-0.39, 0.29) is 6.10 Å². The maximum Gasteiger partial charge on any atom is 0.528 e. The van der Waals surface area contributed by atoms with Crippen LogP contribution in [0.15, 0.2) is 0 Å². The summed E-state index contributed by atoms with van der Waals surface area (Å²) < 4.78 is 22.7. The van der Waals surface area contributed by atoms with Crippen LogP contribution in [-0.4, -0.2) is 66.5 Å². The molecule has 0 spiro atoms. The van der Waals surface area contributed by atoms with Gasteiger partial charge in [0.25, 0.3) is 0 Å². The third-order valence-corrected chi connectivity index (χ3v) is 5.28. The monoisotopic (exact) mass is 233 g/mol. The van der Waals surface area contributed by atoms with Crippen molar-refractivity contribution >= 4 is 8.80 Å². The summed E-state index contributed by atoms with van der Waals surface area (Å²) in [5, 5.41) is 0. The average molecular weight is 233 g/mol. The molecule has 0 radical (unpaired) electrons. The lowest BCUT2D eigenvalue weighted by molar-refractivity contribution is -0.0612. The number of ether oxygens (including phenoxy) is 1. The van der Waals surface area contributed by atoms with Crippen molar-refractivity contribution in [2.24, 2.45) is 0 Å². The second kappa shape index (κ2) is 4.90. The molecule has 88 valence electrons. The van der Waals surface area contributed by atoms with Crippen LogP contribution in [0.3, 0.4) is 0 Å². The Kier molecular flexibility index (Phi) is 3.76. The lowest BCUT2D eigenvalue weighted by Crippen LogP contribution is -2.57. The summed E-state index contributed by atoms with van der Waals surface area (Å²) in [5.74, 6) is 0. The Bertz CT molecular complexity index is 218. The van der Waals surface area contributed by atoms with E-state index in [0.29, 0.717) is 19.4 Å². The lowest BCUT2D eigenvalue weighted by Gasteiger charge is -2.36. The smallest absolute Gasteiger partial charge is 0.375 e. The minimum atomic E-state index is -2.50. The first-order valence-corrected chi connectivity index (χ1v) is 7.30. The van der Waals surface area contributed by atoms with Crippen molar-refractivity contribution in [3.8, 4) is 0 Å². The maximum atomic E-state index is 5.94. The average Bonchev–Trinajstić information content (AvgIpc) is 2.29. The molecule has 0 aromatic rings. The summed E-state index contributed by atoms with van der Waals surface area (Å²) in [6.45, 7) is 3.27. The Morgan fingerprint density at radius 3 is 3.13 bits per heavy atom. The summed E-state index contributed by atoms with van der Waals surface area (Å²) in [6.07, 6.45) is 1.60. The molecule has 0 saturated carbocycles. The summed E-state index contributed by atoms with van der Waals surface area (Å²) in [4.78, 5) is 2.25. The standard InChI is InChI=1S/C9H19NO4Si/c1-10-4-3-5-13-15(11-2)8-12-7-9(6-10)14-15/h9H,3-8H2,1-2H3. The predicted molar refractivity (Wildman–Crippen MR) is 56.5 cm³/mol. The first-order valence-electron chi connectivity index (χ1n) is 5.37. The third-order valence-electron chi connectivity index (χ3n) is 2.76. The highest BCUT2D eigenvalue weighted by Crippen LogP contribution is 2.19. The summed E-state index contributed by atoms with van der Waals surface area (Å²) in [7, 11) is 1.25. The van der Waals surface area contributed by atoms with E-state index in [0.717, 1.165) is 19.5 Å². The molecule has 2 rings (SSSR count). The molecule has 6 heteroatoms. The Balaban J connectivity index is 2.06. The van der Waals surface area contributed by atoms with Crippen LogP contribution in [0.2, 0.25) is 0 Å². The molecule has 2 fully saturated rings. The highest BCUT2D eigenvalue weighted by Gasteiger charge is 2.47. The van der Waals surface area contributed by atoms with Gasteiger partial charge in [0, 0.05) is 26.8 Å².